The van der Waals surface area contributed by atoms with Gasteiger partial charge in [-0.1, -0.05) is 6.42 Å². The third-order valence-electron chi connectivity index (χ3n) is 5.26. The first kappa shape index (κ1) is 20.0. The fraction of sp³-hybridized carbons (Fsp3) is 0.667. The van der Waals surface area contributed by atoms with E-state index in [1.54, 1.807) is 11.9 Å². The summed E-state index contributed by atoms with van der Waals surface area (Å²) in [4.78, 5) is 12.9. The largest absolute Gasteiger partial charge is 0.376 e. The van der Waals surface area contributed by atoms with Gasteiger partial charge >= 0.3 is 0 Å². The molecule has 150 valence electrons. The first-order valence-corrected chi connectivity index (χ1v) is 10.9. The van der Waals surface area contributed by atoms with E-state index in [0.29, 0.717) is 31.9 Å². The highest BCUT2D eigenvalue weighted by molar-refractivity contribution is 7.89. The van der Waals surface area contributed by atoms with Crippen LogP contribution in [0.4, 0.5) is 11.4 Å². The Morgan fingerprint density at radius 1 is 1.22 bits per heavy atom. The number of nitro groups is 1. The predicted octanol–water partition coefficient (Wildman–Crippen LogP) is 2.77. The van der Waals surface area contributed by atoms with Gasteiger partial charge in [0, 0.05) is 39.4 Å². The summed E-state index contributed by atoms with van der Waals surface area (Å²) in [5.41, 5.74) is 0.221. The summed E-state index contributed by atoms with van der Waals surface area (Å²) in [5.74, 6) is 0. The molecule has 2 saturated heterocycles. The third kappa shape index (κ3) is 4.59. The molecule has 0 radical (unpaired) electrons. The molecule has 0 amide bonds. The second kappa shape index (κ2) is 8.53. The first-order valence-electron chi connectivity index (χ1n) is 9.51. The molecule has 0 spiro atoms. The molecule has 2 aliphatic rings. The van der Waals surface area contributed by atoms with Gasteiger partial charge < -0.3 is 9.64 Å². The van der Waals surface area contributed by atoms with Crippen LogP contribution in [-0.4, -0.2) is 57.0 Å². The molecule has 27 heavy (non-hydrogen) atoms. The number of benzene rings is 1. The molecule has 0 aliphatic carbocycles. The van der Waals surface area contributed by atoms with E-state index in [4.69, 9.17) is 4.74 Å². The molecule has 2 fully saturated rings. The first-order chi connectivity index (χ1) is 12.9. The van der Waals surface area contributed by atoms with Crippen molar-refractivity contribution in [3.05, 3.63) is 28.3 Å². The molecular formula is C18H27N3O5S. The molecule has 2 aliphatic heterocycles. The smallest absolute Gasteiger partial charge is 0.293 e. The van der Waals surface area contributed by atoms with Crippen molar-refractivity contribution in [2.24, 2.45) is 0 Å². The minimum atomic E-state index is -3.70. The summed E-state index contributed by atoms with van der Waals surface area (Å²) in [6, 6.07) is 4.21. The van der Waals surface area contributed by atoms with Crippen LogP contribution in [-0.2, 0) is 14.8 Å². The second-order valence-corrected chi connectivity index (χ2v) is 9.18. The van der Waals surface area contributed by atoms with Gasteiger partial charge in [-0.05, 0) is 44.2 Å². The van der Waals surface area contributed by atoms with Crippen molar-refractivity contribution in [1.29, 1.82) is 0 Å². The Morgan fingerprint density at radius 2 is 1.96 bits per heavy atom. The van der Waals surface area contributed by atoms with Crippen LogP contribution >= 0.6 is 0 Å². The van der Waals surface area contributed by atoms with E-state index in [2.05, 4.69) is 0 Å². The quantitative estimate of drug-likeness (QED) is 0.541. The molecule has 0 aromatic heterocycles. The zero-order valence-electron chi connectivity index (χ0n) is 15.7. The molecule has 0 N–H and O–H groups in total. The summed E-state index contributed by atoms with van der Waals surface area (Å²) in [5, 5.41) is 11.6. The molecular weight excluding hydrogens is 370 g/mol. The maximum Gasteiger partial charge on any atom is 0.293 e. The zero-order chi connectivity index (χ0) is 19.4. The molecule has 0 saturated carbocycles. The minimum Gasteiger partial charge on any atom is -0.376 e. The van der Waals surface area contributed by atoms with E-state index in [1.807, 2.05) is 0 Å². The Morgan fingerprint density at radius 3 is 2.59 bits per heavy atom. The van der Waals surface area contributed by atoms with Crippen LogP contribution in [0.15, 0.2) is 23.1 Å². The van der Waals surface area contributed by atoms with Crippen LogP contribution in [0.3, 0.4) is 0 Å². The van der Waals surface area contributed by atoms with E-state index in [1.165, 1.54) is 22.5 Å². The van der Waals surface area contributed by atoms with Gasteiger partial charge in [-0.2, -0.15) is 4.31 Å². The van der Waals surface area contributed by atoms with Gasteiger partial charge in [0.1, 0.15) is 5.69 Å². The van der Waals surface area contributed by atoms with E-state index in [0.717, 1.165) is 38.5 Å². The van der Waals surface area contributed by atoms with Gasteiger partial charge in [0.25, 0.3) is 5.69 Å². The number of anilines is 1. The number of ether oxygens (including phenoxy) is 1. The lowest BCUT2D eigenvalue weighted by atomic mass is 10.1. The summed E-state index contributed by atoms with van der Waals surface area (Å²) < 4.78 is 32.8. The number of sulfonamides is 1. The van der Waals surface area contributed by atoms with Gasteiger partial charge in [-0.25, -0.2) is 8.42 Å². The molecule has 2 heterocycles. The molecule has 0 bridgehead atoms. The van der Waals surface area contributed by atoms with E-state index >= 15 is 0 Å². The molecule has 9 heteroatoms. The number of nitrogens with zero attached hydrogens (tertiary/aromatic N) is 3. The average molecular weight is 397 g/mol. The van der Waals surface area contributed by atoms with Gasteiger partial charge in [0.15, 0.2) is 0 Å². The van der Waals surface area contributed by atoms with Gasteiger partial charge in [0.2, 0.25) is 10.0 Å². The van der Waals surface area contributed by atoms with Crippen molar-refractivity contribution in [1.82, 2.24) is 4.31 Å². The minimum absolute atomic E-state index is 0.0119. The second-order valence-electron chi connectivity index (χ2n) is 7.24. The van der Waals surface area contributed by atoms with Crippen LogP contribution < -0.4 is 4.90 Å². The monoisotopic (exact) mass is 397 g/mol. The van der Waals surface area contributed by atoms with Gasteiger partial charge in [-0.15, -0.1) is 0 Å². The third-order valence-corrected chi connectivity index (χ3v) is 7.15. The number of nitro benzene ring substituents is 1. The molecule has 1 aromatic rings. The predicted molar refractivity (Wildman–Crippen MR) is 103 cm³/mol. The summed E-state index contributed by atoms with van der Waals surface area (Å²) in [7, 11) is -1.93. The zero-order valence-corrected chi connectivity index (χ0v) is 16.5. The standard InChI is InChI=1S/C18H27N3O5S/c1-19(14-15-7-3-6-12-26-15)17-9-8-16(13-18(17)21(22)23)27(24,25)20-10-4-2-5-11-20/h8-9,13,15H,2-7,10-12,14H2,1H3. The van der Waals surface area contributed by atoms with Crippen LogP contribution in [0.1, 0.15) is 38.5 Å². The fourth-order valence-electron chi connectivity index (χ4n) is 3.74. The Kier molecular flexibility index (Phi) is 6.33. The Balaban J connectivity index is 1.84. The lowest BCUT2D eigenvalue weighted by Crippen LogP contribution is -2.36. The highest BCUT2D eigenvalue weighted by atomic mass is 32.2. The normalized spacial score (nSPS) is 21.7. The van der Waals surface area contributed by atoms with Crippen molar-refractivity contribution in [3.63, 3.8) is 0 Å². The van der Waals surface area contributed by atoms with Crippen molar-refractivity contribution in [2.45, 2.75) is 49.5 Å². The van der Waals surface area contributed by atoms with E-state index in [-0.39, 0.29) is 16.7 Å². The topological polar surface area (TPSA) is 93.0 Å². The maximum absolute atomic E-state index is 12.8. The van der Waals surface area contributed by atoms with Crippen molar-refractivity contribution in [3.8, 4) is 0 Å². The molecule has 1 atom stereocenters. The fourth-order valence-corrected chi connectivity index (χ4v) is 5.28. The number of hydrogen-bond acceptors (Lipinski definition) is 6. The van der Waals surface area contributed by atoms with Gasteiger partial charge in [0.05, 0.1) is 15.9 Å². The summed E-state index contributed by atoms with van der Waals surface area (Å²) >= 11 is 0. The van der Waals surface area contributed by atoms with Crippen LogP contribution in [0.25, 0.3) is 0 Å². The van der Waals surface area contributed by atoms with E-state index < -0.39 is 14.9 Å². The highest BCUT2D eigenvalue weighted by Crippen LogP contribution is 2.32. The van der Waals surface area contributed by atoms with Crippen molar-refractivity contribution in [2.75, 3.05) is 38.2 Å². The van der Waals surface area contributed by atoms with Crippen molar-refractivity contribution < 1.29 is 18.1 Å². The van der Waals surface area contributed by atoms with Gasteiger partial charge in [-0.3, -0.25) is 10.1 Å². The highest BCUT2D eigenvalue weighted by Gasteiger charge is 2.29. The Bertz CT molecular complexity index is 771. The van der Waals surface area contributed by atoms with E-state index in [9.17, 15) is 18.5 Å². The Labute approximate surface area is 160 Å². The van der Waals surface area contributed by atoms with Crippen LogP contribution in [0.2, 0.25) is 0 Å². The molecule has 3 rings (SSSR count). The summed E-state index contributed by atoms with van der Waals surface area (Å²) in [6.45, 7) is 2.19. The number of piperidine rings is 1. The van der Waals surface area contributed by atoms with Crippen LogP contribution in [0, 0.1) is 10.1 Å². The Hall–Kier alpha value is -1.71. The lowest BCUT2D eigenvalue weighted by molar-refractivity contribution is -0.384. The number of rotatable bonds is 6. The van der Waals surface area contributed by atoms with Crippen LogP contribution in [0.5, 0.6) is 0 Å². The number of likely N-dealkylation sites (N-methyl/N-ethyl adjacent to an activating group) is 1. The maximum atomic E-state index is 12.8. The molecule has 8 nitrogen and oxygen atoms in total. The molecule has 1 unspecified atom stereocenters. The molecule has 1 aromatic carbocycles. The summed E-state index contributed by atoms with van der Waals surface area (Å²) in [6.07, 6.45) is 5.77. The van der Waals surface area contributed by atoms with Crippen molar-refractivity contribution >= 4 is 21.4 Å². The number of hydrogen-bond donors (Lipinski definition) is 0. The lowest BCUT2D eigenvalue weighted by Gasteiger charge is -2.29. The average Bonchev–Trinajstić information content (AvgIpc) is 2.69. The SMILES string of the molecule is CN(CC1CCCCO1)c1ccc(S(=O)(=O)N2CCCCC2)cc1[N+](=O)[O-].